The van der Waals surface area contributed by atoms with Crippen LogP contribution in [0.1, 0.15) is 12.8 Å². The van der Waals surface area contributed by atoms with Crippen LogP contribution in [0.4, 0.5) is 17.8 Å². The van der Waals surface area contributed by atoms with E-state index in [0.717, 1.165) is 19.4 Å². The number of nitrogens with one attached hydrogen (secondary N) is 2. The summed E-state index contributed by atoms with van der Waals surface area (Å²) in [5.41, 5.74) is 0. The second-order valence-corrected chi connectivity index (χ2v) is 5.30. The summed E-state index contributed by atoms with van der Waals surface area (Å²) >= 11 is 0. The minimum atomic E-state index is -0.0126. The number of carbonyl (C=O) groups excluding carboxylic acids is 1. The molecule has 1 unspecified atom stereocenters. The number of nitrogens with zero attached hydrogens (tertiary/aromatic N) is 5. The lowest BCUT2D eigenvalue weighted by Crippen LogP contribution is -2.43. The topological polar surface area (TPSA) is 86.3 Å². The number of amides is 1. The zero-order valence-electron chi connectivity index (χ0n) is 13.1. The predicted molar refractivity (Wildman–Crippen MR) is 82.7 cm³/mol. The number of anilines is 3. The SMILES string of the molecule is CNC(=O)C1CCCN(c2nc(NC)nc(N(C)C)n2)C1. The van der Waals surface area contributed by atoms with Crippen molar-refractivity contribution in [3.8, 4) is 0 Å². The molecule has 0 spiro atoms. The molecule has 1 aromatic heterocycles. The van der Waals surface area contributed by atoms with E-state index in [9.17, 15) is 4.79 Å². The van der Waals surface area contributed by atoms with Gasteiger partial charge in [-0.25, -0.2) is 0 Å². The molecular weight excluding hydrogens is 270 g/mol. The standard InChI is InChI=1S/C13H23N7O/c1-14-10(21)9-6-5-7-20(8-9)13-17-11(15-2)16-12(18-13)19(3)4/h9H,5-8H2,1-4H3,(H,14,21)(H,15,16,17,18). The highest BCUT2D eigenvalue weighted by atomic mass is 16.1. The molecule has 0 bridgehead atoms. The molecule has 1 aliphatic heterocycles. The van der Waals surface area contributed by atoms with Crippen LogP contribution in [0.2, 0.25) is 0 Å². The summed E-state index contributed by atoms with van der Waals surface area (Å²) in [7, 11) is 7.24. The van der Waals surface area contributed by atoms with Crippen molar-refractivity contribution < 1.29 is 4.79 Å². The third-order valence-corrected chi connectivity index (χ3v) is 3.56. The second kappa shape index (κ2) is 6.55. The third kappa shape index (κ3) is 3.50. The summed E-state index contributed by atoms with van der Waals surface area (Å²) in [6.07, 6.45) is 1.86. The number of aromatic nitrogens is 3. The van der Waals surface area contributed by atoms with Crippen molar-refractivity contribution in [2.75, 3.05) is 56.4 Å². The number of piperidine rings is 1. The first kappa shape index (κ1) is 15.3. The summed E-state index contributed by atoms with van der Waals surface area (Å²) in [6, 6.07) is 0. The molecular formula is C13H23N7O. The summed E-state index contributed by atoms with van der Waals surface area (Å²) in [4.78, 5) is 28.9. The predicted octanol–water partition coefficient (Wildman–Crippen LogP) is -0.0583. The molecule has 1 atom stereocenters. The van der Waals surface area contributed by atoms with Gasteiger partial charge < -0.3 is 20.4 Å². The summed E-state index contributed by atoms with van der Waals surface area (Å²) in [6.45, 7) is 1.49. The molecule has 0 radical (unpaired) electrons. The van der Waals surface area contributed by atoms with Crippen molar-refractivity contribution in [2.24, 2.45) is 5.92 Å². The van der Waals surface area contributed by atoms with Crippen molar-refractivity contribution in [1.82, 2.24) is 20.3 Å². The monoisotopic (exact) mass is 293 g/mol. The smallest absolute Gasteiger partial charge is 0.231 e. The molecule has 1 fully saturated rings. The number of hydrogen-bond donors (Lipinski definition) is 2. The average molecular weight is 293 g/mol. The van der Waals surface area contributed by atoms with Gasteiger partial charge in [0, 0.05) is 41.3 Å². The molecule has 21 heavy (non-hydrogen) atoms. The summed E-state index contributed by atoms with van der Waals surface area (Å²) < 4.78 is 0. The minimum Gasteiger partial charge on any atom is -0.359 e. The molecule has 1 amide bonds. The zero-order chi connectivity index (χ0) is 15.4. The van der Waals surface area contributed by atoms with Gasteiger partial charge in [0.2, 0.25) is 23.8 Å². The Labute approximate surface area is 125 Å². The number of carbonyl (C=O) groups is 1. The lowest BCUT2D eigenvalue weighted by Gasteiger charge is -2.32. The van der Waals surface area contributed by atoms with E-state index in [4.69, 9.17) is 0 Å². The maximum Gasteiger partial charge on any atom is 0.231 e. The Morgan fingerprint density at radius 1 is 1.29 bits per heavy atom. The fourth-order valence-electron chi connectivity index (χ4n) is 2.38. The molecule has 0 saturated carbocycles. The molecule has 116 valence electrons. The van der Waals surface area contributed by atoms with Crippen molar-refractivity contribution in [1.29, 1.82) is 0 Å². The Morgan fingerprint density at radius 3 is 2.67 bits per heavy atom. The zero-order valence-corrected chi connectivity index (χ0v) is 13.1. The third-order valence-electron chi connectivity index (χ3n) is 3.56. The van der Waals surface area contributed by atoms with Gasteiger partial charge in [0.05, 0.1) is 5.92 Å². The average Bonchev–Trinajstić information content (AvgIpc) is 2.53. The lowest BCUT2D eigenvalue weighted by atomic mass is 9.97. The maximum absolute atomic E-state index is 11.8. The Kier molecular flexibility index (Phi) is 4.77. The van der Waals surface area contributed by atoms with E-state index in [-0.39, 0.29) is 11.8 Å². The van der Waals surface area contributed by atoms with Gasteiger partial charge >= 0.3 is 0 Å². The van der Waals surface area contributed by atoms with Gasteiger partial charge in [-0.1, -0.05) is 0 Å². The number of hydrogen-bond acceptors (Lipinski definition) is 7. The van der Waals surface area contributed by atoms with Gasteiger partial charge in [-0.05, 0) is 12.8 Å². The Balaban J connectivity index is 2.23. The second-order valence-electron chi connectivity index (χ2n) is 5.30. The first-order chi connectivity index (χ1) is 10.0. The van der Waals surface area contributed by atoms with E-state index >= 15 is 0 Å². The van der Waals surface area contributed by atoms with Crippen molar-refractivity contribution >= 4 is 23.8 Å². The molecule has 0 aliphatic carbocycles. The summed E-state index contributed by atoms with van der Waals surface area (Å²) in [5.74, 6) is 1.82. The number of rotatable bonds is 4. The van der Waals surface area contributed by atoms with Crippen LogP contribution in [-0.4, -0.2) is 62.1 Å². The lowest BCUT2D eigenvalue weighted by molar-refractivity contribution is -0.124. The molecule has 2 N–H and O–H groups in total. The molecule has 2 heterocycles. The molecule has 1 aliphatic rings. The van der Waals surface area contributed by atoms with Gasteiger partial charge in [-0.15, -0.1) is 0 Å². The van der Waals surface area contributed by atoms with Gasteiger partial charge in [0.15, 0.2) is 0 Å². The van der Waals surface area contributed by atoms with E-state index in [1.165, 1.54) is 0 Å². The van der Waals surface area contributed by atoms with Crippen LogP contribution >= 0.6 is 0 Å². The van der Waals surface area contributed by atoms with E-state index in [2.05, 4.69) is 30.5 Å². The van der Waals surface area contributed by atoms with Crippen molar-refractivity contribution in [3.63, 3.8) is 0 Å². The highest BCUT2D eigenvalue weighted by Gasteiger charge is 2.27. The van der Waals surface area contributed by atoms with Crippen LogP contribution in [0, 0.1) is 5.92 Å². The van der Waals surface area contributed by atoms with Gasteiger partial charge in [-0.3, -0.25) is 4.79 Å². The van der Waals surface area contributed by atoms with Crippen LogP contribution in [0.15, 0.2) is 0 Å². The molecule has 8 heteroatoms. The van der Waals surface area contributed by atoms with Gasteiger partial charge in [0.1, 0.15) is 0 Å². The van der Waals surface area contributed by atoms with Crippen molar-refractivity contribution in [2.45, 2.75) is 12.8 Å². The van der Waals surface area contributed by atoms with E-state index in [1.54, 1.807) is 14.1 Å². The van der Waals surface area contributed by atoms with Gasteiger partial charge in [0.25, 0.3) is 0 Å². The van der Waals surface area contributed by atoms with E-state index in [1.807, 2.05) is 19.0 Å². The largest absolute Gasteiger partial charge is 0.359 e. The van der Waals surface area contributed by atoms with Crippen LogP contribution in [0.3, 0.4) is 0 Å². The summed E-state index contributed by atoms with van der Waals surface area (Å²) in [5, 5.41) is 5.67. The normalized spacial score (nSPS) is 18.3. The molecule has 0 aromatic carbocycles. The van der Waals surface area contributed by atoms with Crippen LogP contribution in [0.5, 0.6) is 0 Å². The molecule has 2 rings (SSSR count). The first-order valence-corrected chi connectivity index (χ1v) is 7.13. The van der Waals surface area contributed by atoms with Crippen LogP contribution in [-0.2, 0) is 4.79 Å². The van der Waals surface area contributed by atoms with Crippen LogP contribution in [0.25, 0.3) is 0 Å². The highest BCUT2D eigenvalue weighted by molar-refractivity contribution is 5.79. The van der Waals surface area contributed by atoms with Crippen LogP contribution < -0.4 is 20.4 Å². The Morgan fingerprint density at radius 2 is 2.05 bits per heavy atom. The fourth-order valence-corrected chi connectivity index (χ4v) is 2.38. The first-order valence-electron chi connectivity index (χ1n) is 7.13. The van der Waals surface area contributed by atoms with Gasteiger partial charge in [-0.2, -0.15) is 15.0 Å². The molecule has 1 saturated heterocycles. The fraction of sp³-hybridized carbons (Fsp3) is 0.692. The quantitative estimate of drug-likeness (QED) is 0.804. The Hall–Kier alpha value is -2.12. The van der Waals surface area contributed by atoms with E-state index in [0.29, 0.717) is 24.4 Å². The Bertz CT molecular complexity index is 505. The molecule has 1 aromatic rings. The minimum absolute atomic E-state index is 0.0126. The maximum atomic E-state index is 11.8. The van der Waals surface area contributed by atoms with E-state index < -0.39 is 0 Å². The van der Waals surface area contributed by atoms with Crippen molar-refractivity contribution in [3.05, 3.63) is 0 Å². The highest BCUT2D eigenvalue weighted by Crippen LogP contribution is 2.22. The molecule has 8 nitrogen and oxygen atoms in total.